The molecule has 8 nitrogen and oxygen atoms in total. The van der Waals surface area contributed by atoms with E-state index in [9.17, 15) is 14.4 Å². The number of nitrogens with one attached hydrogen (secondary N) is 2. The Kier molecular flexibility index (Phi) is 6.87. The van der Waals surface area contributed by atoms with Crippen molar-refractivity contribution in [3.63, 3.8) is 0 Å². The predicted molar refractivity (Wildman–Crippen MR) is 122 cm³/mol. The zero-order valence-electron chi connectivity index (χ0n) is 18.5. The van der Waals surface area contributed by atoms with Gasteiger partial charge in [-0.05, 0) is 62.6 Å². The highest BCUT2D eigenvalue weighted by atomic mass is 16.6. The largest absolute Gasteiger partial charge is 0.449 e. The number of hydrogen-bond donors (Lipinski definition) is 2. The lowest BCUT2D eigenvalue weighted by Crippen LogP contribution is -2.43. The molecule has 170 valence electrons. The number of amides is 2. The van der Waals surface area contributed by atoms with E-state index in [1.165, 1.54) is 4.90 Å². The molecule has 1 aromatic carbocycles. The van der Waals surface area contributed by atoms with E-state index in [2.05, 4.69) is 15.5 Å². The lowest BCUT2D eigenvalue weighted by atomic mass is 9.90. The van der Waals surface area contributed by atoms with E-state index in [-0.39, 0.29) is 11.5 Å². The summed E-state index contributed by atoms with van der Waals surface area (Å²) in [7, 11) is 0. The maximum atomic E-state index is 13.0. The minimum absolute atomic E-state index is 0.111. The maximum absolute atomic E-state index is 13.0. The molecule has 1 unspecified atom stereocenters. The number of carbonyl (C=O) groups is 2. The van der Waals surface area contributed by atoms with Gasteiger partial charge in [-0.25, -0.2) is 9.89 Å². The number of carbonyl (C=O) groups excluding carboxylic acids is 2. The minimum Gasteiger partial charge on any atom is -0.449 e. The monoisotopic (exact) mass is 438 g/mol. The van der Waals surface area contributed by atoms with Crippen LogP contribution in [0.1, 0.15) is 56.6 Å². The molecule has 4 rings (SSSR count). The third-order valence-electron chi connectivity index (χ3n) is 6.21. The Morgan fingerprint density at radius 1 is 1.22 bits per heavy atom. The van der Waals surface area contributed by atoms with Crippen molar-refractivity contribution in [3.8, 4) is 11.3 Å². The van der Waals surface area contributed by atoms with Gasteiger partial charge < -0.3 is 10.1 Å². The quantitative estimate of drug-likeness (QED) is 0.670. The van der Waals surface area contributed by atoms with E-state index < -0.39 is 12.1 Å². The molecule has 1 fully saturated rings. The van der Waals surface area contributed by atoms with Crippen LogP contribution in [0.3, 0.4) is 0 Å². The van der Waals surface area contributed by atoms with Gasteiger partial charge >= 0.3 is 6.09 Å². The van der Waals surface area contributed by atoms with Gasteiger partial charge in [0.2, 0.25) is 5.91 Å². The number of ether oxygens (including phenoxy) is 1. The van der Waals surface area contributed by atoms with Crippen LogP contribution in [0.4, 0.5) is 10.5 Å². The number of fused-ring (bicyclic) bond motifs is 1. The van der Waals surface area contributed by atoms with Gasteiger partial charge in [0.25, 0.3) is 5.56 Å². The van der Waals surface area contributed by atoms with Gasteiger partial charge in [0.15, 0.2) is 0 Å². The van der Waals surface area contributed by atoms with Crippen molar-refractivity contribution < 1.29 is 14.3 Å². The highest BCUT2D eigenvalue weighted by Gasteiger charge is 2.35. The third kappa shape index (κ3) is 4.69. The van der Waals surface area contributed by atoms with Crippen LogP contribution in [0, 0.1) is 0 Å². The van der Waals surface area contributed by atoms with Crippen LogP contribution >= 0.6 is 0 Å². The summed E-state index contributed by atoms with van der Waals surface area (Å²) in [5.74, 6) is -0.219. The number of nitrogens with zero attached hydrogens (tertiary/aromatic N) is 2. The number of anilines is 1. The van der Waals surface area contributed by atoms with Gasteiger partial charge in [0.1, 0.15) is 6.04 Å². The molecule has 2 heterocycles. The van der Waals surface area contributed by atoms with Crippen molar-refractivity contribution in [2.75, 3.05) is 18.5 Å². The highest BCUT2D eigenvalue weighted by molar-refractivity contribution is 5.97. The zero-order valence-corrected chi connectivity index (χ0v) is 18.5. The predicted octanol–water partition coefficient (Wildman–Crippen LogP) is 3.66. The van der Waals surface area contributed by atoms with Gasteiger partial charge in [-0.1, -0.05) is 25.5 Å². The summed E-state index contributed by atoms with van der Waals surface area (Å²) in [5, 5.41) is 9.88. The summed E-state index contributed by atoms with van der Waals surface area (Å²) in [6, 6.07) is 6.94. The normalized spacial score (nSPS) is 17.7. The molecular formula is C24H30N4O4. The Morgan fingerprint density at radius 2 is 2.03 bits per heavy atom. The Morgan fingerprint density at radius 3 is 2.84 bits per heavy atom. The van der Waals surface area contributed by atoms with Gasteiger partial charge in [0, 0.05) is 23.4 Å². The first kappa shape index (κ1) is 22.0. The molecule has 0 bridgehead atoms. The second kappa shape index (κ2) is 9.97. The molecule has 0 saturated carbocycles. The molecular weight excluding hydrogens is 408 g/mol. The maximum Gasteiger partial charge on any atom is 0.410 e. The average molecular weight is 439 g/mol. The summed E-state index contributed by atoms with van der Waals surface area (Å²) >= 11 is 0. The number of rotatable bonds is 6. The molecule has 1 saturated heterocycles. The molecule has 32 heavy (non-hydrogen) atoms. The van der Waals surface area contributed by atoms with Crippen LogP contribution in [0.15, 0.2) is 29.1 Å². The van der Waals surface area contributed by atoms with Crippen molar-refractivity contribution >= 4 is 17.7 Å². The molecule has 2 N–H and O–H groups in total. The fourth-order valence-corrected chi connectivity index (χ4v) is 4.51. The molecule has 1 aliphatic carbocycles. The minimum atomic E-state index is -0.535. The molecule has 8 heteroatoms. The standard InChI is InChI=1S/C24H30N4O4/c1-2-3-14-32-24(31)28-13-7-12-20(28)23(30)25-17-9-6-8-16(15-17)21-18-10-4-5-11-19(18)22(29)27-26-21/h6,8-9,15,20H,2-5,7,10-14H2,1H3,(H,25,30)(H,27,29). The molecule has 2 aliphatic rings. The first-order valence-corrected chi connectivity index (χ1v) is 11.5. The molecule has 1 atom stereocenters. The van der Waals surface area contributed by atoms with Crippen molar-refractivity contribution in [1.29, 1.82) is 0 Å². The van der Waals surface area contributed by atoms with Gasteiger partial charge in [0.05, 0.1) is 12.3 Å². The third-order valence-corrected chi connectivity index (χ3v) is 6.21. The Bertz CT molecular complexity index is 1050. The molecule has 2 aromatic rings. The first-order chi connectivity index (χ1) is 15.6. The van der Waals surface area contributed by atoms with Crippen molar-refractivity contribution in [2.45, 2.75) is 64.3 Å². The van der Waals surface area contributed by atoms with Crippen molar-refractivity contribution in [1.82, 2.24) is 15.1 Å². The fourth-order valence-electron chi connectivity index (χ4n) is 4.51. The van der Waals surface area contributed by atoms with E-state index in [0.29, 0.717) is 25.3 Å². The Hall–Kier alpha value is -3.16. The number of H-pyrrole nitrogens is 1. The smallest absolute Gasteiger partial charge is 0.410 e. The van der Waals surface area contributed by atoms with Crippen LogP contribution in [0.5, 0.6) is 0 Å². The highest BCUT2D eigenvalue weighted by Crippen LogP contribution is 2.29. The summed E-state index contributed by atoms with van der Waals surface area (Å²) in [6.45, 7) is 2.93. The number of likely N-dealkylation sites (tertiary alicyclic amines) is 1. The zero-order chi connectivity index (χ0) is 22.5. The van der Waals surface area contributed by atoms with Crippen LogP contribution in [-0.4, -0.2) is 46.3 Å². The number of unbranched alkanes of at least 4 members (excludes halogenated alkanes) is 1. The van der Waals surface area contributed by atoms with Gasteiger partial charge in [-0.2, -0.15) is 5.10 Å². The molecule has 2 amide bonds. The summed E-state index contributed by atoms with van der Waals surface area (Å²) in [4.78, 5) is 39.0. The Labute approximate surface area is 187 Å². The first-order valence-electron chi connectivity index (χ1n) is 11.5. The number of aromatic nitrogens is 2. The number of benzene rings is 1. The summed E-state index contributed by atoms with van der Waals surface area (Å²) in [5.41, 5.74) is 3.95. The topological polar surface area (TPSA) is 104 Å². The molecule has 1 aliphatic heterocycles. The Balaban J connectivity index is 1.49. The lowest BCUT2D eigenvalue weighted by Gasteiger charge is -2.23. The number of hydrogen-bond acceptors (Lipinski definition) is 5. The van der Waals surface area contributed by atoms with E-state index in [1.54, 1.807) is 0 Å². The summed E-state index contributed by atoms with van der Waals surface area (Å²) < 4.78 is 5.31. The average Bonchev–Trinajstić information content (AvgIpc) is 3.30. The van der Waals surface area contributed by atoms with Crippen molar-refractivity contribution in [3.05, 3.63) is 45.7 Å². The fraction of sp³-hybridized carbons (Fsp3) is 0.500. The summed E-state index contributed by atoms with van der Waals surface area (Å²) in [6.07, 6.45) is 6.36. The lowest BCUT2D eigenvalue weighted by molar-refractivity contribution is -0.120. The van der Waals surface area contributed by atoms with Crippen LogP contribution in [0.25, 0.3) is 11.3 Å². The van der Waals surface area contributed by atoms with Crippen LogP contribution < -0.4 is 10.9 Å². The van der Waals surface area contributed by atoms with E-state index in [4.69, 9.17) is 4.74 Å². The molecule has 1 aromatic heterocycles. The second-order valence-corrected chi connectivity index (χ2v) is 8.45. The second-order valence-electron chi connectivity index (χ2n) is 8.45. The van der Waals surface area contributed by atoms with Crippen LogP contribution in [0.2, 0.25) is 0 Å². The van der Waals surface area contributed by atoms with E-state index in [1.807, 2.05) is 31.2 Å². The van der Waals surface area contributed by atoms with Gasteiger partial charge in [-0.15, -0.1) is 0 Å². The molecule has 0 radical (unpaired) electrons. The van der Waals surface area contributed by atoms with Crippen LogP contribution in [-0.2, 0) is 22.4 Å². The molecule has 0 spiro atoms. The van der Waals surface area contributed by atoms with Crippen molar-refractivity contribution in [2.24, 2.45) is 0 Å². The van der Waals surface area contributed by atoms with Gasteiger partial charge in [-0.3, -0.25) is 14.5 Å². The van der Waals surface area contributed by atoms with E-state index >= 15 is 0 Å². The SMILES string of the molecule is CCCCOC(=O)N1CCCC1C(=O)Nc1cccc(-c2n[nH]c(=O)c3c2CCCC3)c1. The van der Waals surface area contributed by atoms with E-state index in [0.717, 1.165) is 67.3 Å². The number of aromatic amines is 1.